The SMILES string of the molecule is CC1(Cl)CCCCCCCCC1. The maximum Gasteiger partial charge on any atom is 0.0418 e. The second kappa shape index (κ2) is 5.11. The largest absolute Gasteiger partial charge is 0.120 e. The number of hydrogen-bond acceptors (Lipinski definition) is 0. The molecule has 0 aromatic carbocycles. The summed E-state index contributed by atoms with van der Waals surface area (Å²) in [6, 6.07) is 0. The minimum atomic E-state index is 0.108. The van der Waals surface area contributed by atoms with Crippen molar-refractivity contribution >= 4 is 11.6 Å². The van der Waals surface area contributed by atoms with Gasteiger partial charge < -0.3 is 0 Å². The molecule has 12 heavy (non-hydrogen) atoms. The molecule has 1 fully saturated rings. The van der Waals surface area contributed by atoms with Gasteiger partial charge in [0, 0.05) is 4.87 Å². The van der Waals surface area contributed by atoms with Gasteiger partial charge in [0.25, 0.3) is 0 Å². The summed E-state index contributed by atoms with van der Waals surface area (Å²) in [5.74, 6) is 0. The van der Waals surface area contributed by atoms with Crippen LogP contribution in [0.5, 0.6) is 0 Å². The lowest BCUT2D eigenvalue weighted by Gasteiger charge is -2.22. The van der Waals surface area contributed by atoms with E-state index in [9.17, 15) is 0 Å². The normalized spacial score (nSPS) is 26.5. The molecule has 1 saturated carbocycles. The van der Waals surface area contributed by atoms with Crippen molar-refractivity contribution in [3.8, 4) is 0 Å². The first-order valence-corrected chi connectivity index (χ1v) is 5.77. The lowest BCUT2D eigenvalue weighted by Crippen LogP contribution is -2.16. The molecular weight excluding hydrogens is 168 g/mol. The van der Waals surface area contributed by atoms with E-state index in [-0.39, 0.29) is 4.87 Å². The van der Waals surface area contributed by atoms with Crippen molar-refractivity contribution in [2.24, 2.45) is 0 Å². The molecule has 0 radical (unpaired) electrons. The van der Waals surface area contributed by atoms with Gasteiger partial charge in [-0.05, 0) is 19.8 Å². The quantitative estimate of drug-likeness (QED) is 0.491. The fourth-order valence-corrected chi connectivity index (χ4v) is 2.26. The van der Waals surface area contributed by atoms with Gasteiger partial charge in [0.05, 0.1) is 0 Å². The van der Waals surface area contributed by atoms with Crippen LogP contribution in [0.4, 0.5) is 0 Å². The Bertz CT molecular complexity index is 106. The van der Waals surface area contributed by atoms with Crippen LogP contribution < -0.4 is 0 Å². The van der Waals surface area contributed by atoms with Crippen molar-refractivity contribution < 1.29 is 0 Å². The van der Waals surface area contributed by atoms with Gasteiger partial charge in [-0.15, -0.1) is 11.6 Å². The molecule has 0 nitrogen and oxygen atoms in total. The number of rotatable bonds is 0. The predicted molar refractivity (Wildman–Crippen MR) is 55.8 cm³/mol. The molecule has 0 aliphatic heterocycles. The summed E-state index contributed by atoms with van der Waals surface area (Å²) in [4.78, 5) is 0.108. The highest BCUT2D eigenvalue weighted by atomic mass is 35.5. The summed E-state index contributed by atoms with van der Waals surface area (Å²) in [6.07, 6.45) is 12.2. The van der Waals surface area contributed by atoms with Crippen molar-refractivity contribution in [2.45, 2.75) is 69.6 Å². The Morgan fingerprint density at radius 3 is 1.50 bits per heavy atom. The van der Waals surface area contributed by atoms with Crippen molar-refractivity contribution in [1.29, 1.82) is 0 Å². The maximum absolute atomic E-state index is 6.37. The van der Waals surface area contributed by atoms with E-state index in [0.717, 1.165) is 0 Å². The summed E-state index contributed by atoms with van der Waals surface area (Å²) in [5, 5.41) is 0. The summed E-state index contributed by atoms with van der Waals surface area (Å²) in [7, 11) is 0. The van der Waals surface area contributed by atoms with Crippen LogP contribution in [-0.2, 0) is 0 Å². The van der Waals surface area contributed by atoms with Crippen LogP contribution in [-0.4, -0.2) is 4.87 Å². The van der Waals surface area contributed by atoms with Crippen LogP contribution in [0.15, 0.2) is 0 Å². The van der Waals surface area contributed by atoms with E-state index in [2.05, 4.69) is 6.92 Å². The van der Waals surface area contributed by atoms with E-state index < -0.39 is 0 Å². The monoisotopic (exact) mass is 188 g/mol. The van der Waals surface area contributed by atoms with Crippen molar-refractivity contribution in [2.75, 3.05) is 0 Å². The van der Waals surface area contributed by atoms with Crippen LogP contribution in [0.3, 0.4) is 0 Å². The van der Waals surface area contributed by atoms with E-state index in [4.69, 9.17) is 11.6 Å². The molecule has 0 aromatic rings. The molecule has 0 N–H and O–H groups in total. The minimum Gasteiger partial charge on any atom is -0.120 e. The predicted octanol–water partition coefficient (Wildman–Crippen LogP) is 4.51. The number of alkyl halides is 1. The maximum atomic E-state index is 6.37. The molecule has 1 rings (SSSR count). The zero-order valence-corrected chi connectivity index (χ0v) is 9.00. The number of halogens is 1. The highest BCUT2D eigenvalue weighted by Crippen LogP contribution is 2.30. The van der Waals surface area contributed by atoms with Gasteiger partial charge in [0.15, 0.2) is 0 Å². The molecule has 1 heteroatoms. The standard InChI is InChI=1S/C11H21Cl/c1-11(12)9-7-5-3-2-4-6-8-10-11/h2-10H2,1H3. The van der Waals surface area contributed by atoms with Gasteiger partial charge in [0.1, 0.15) is 0 Å². The highest BCUT2D eigenvalue weighted by Gasteiger charge is 2.19. The van der Waals surface area contributed by atoms with Gasteiger partial charge in [-0.1, -0.05) is 44.9 Å². The summed E-state index contributed by atoms with van der Waals surface area (Å²) in [6.45, 7) is 2.20. The zero-order valence-electron chi connectivity index (χ0n) is 8.24. The van der Waals surface area contributed by atoms with E-state index >= 15 is 0 Å². The molecule has 0 aromatic heterocycles. The third-order valence-electron chi connectivity index (χ3n) is 2.90. The van der Waals surface area contributed by atoms with Crippen LogP contribution in [0.2, 0.25) is 0 Å². The smallest absolute Gasteiger partial charge is 0.0418 e. The van der Waals surface area contributed by atoms with Crippen LogP contribution in [0.1, 0.15) is 64.7 Å². The minimum absolute atomic E-state index is 0.108. The van der Waals surface area contributed by atoms with Crippen LogP contribution in [0.25, 0.3) is 0 Å². The Morgan fingerprint density at radius 2 is 1.08 bits per heavy atom. The second-order valence-corrected chi connectivity index (χ2v) is 5.30. The fraction of sp³-hybridized carbons (Fsp3) is 1.00. The Kier molecular flexibility index (Phi) is 4.42. The van der Waals surface area contributed by atoms with Gasteiger partial charge in [-0.25, -0.2) is 0 Å². The summed E-state index contributed by atoms with van der Waals surface area (Å²) in [5.41, 5.74) is 0. The third-order valence-corrected chi connectivity index (χ3v) is 3.27. The first-order chi connectivity index (χ1) is 5.71. The van der Waals surface area contributed by atoms with Crippen LogP contribution in [0, 0.1) is 0 Å². The molecular formula is C11H21Cl. The zero-order chi connectivity index (χ0) is 8.86. The molecule has 1 aliphatic carbocycles. The lowest BCUT2D eigenvalue weighted by molar-refractivity contribution is 0.439. The molecule has 0 saturated heterocycles. The van der Waals surface area contributed by atoms with Crippen LogP contribution >= 0.6 is 11.6 Å². The fourth-order valence-electron chi connectivity index (χ4n) is 2.00. The Hall–Kier alpha value is 0.290. The van der Waals surface area contributed by atoms with Gasteiger partial charge in [-0.2, -0.15) is 0 Å². The van der Waals surface area contributed by atoms with E-state index in [0.29, 0.717) is 0 Å². The van der Waals surface area contributed by atoms with Crippen molar-refractivity contribution in [3.63, 3.8) is 0 Å². The molecule has 1 aliphatic rings. The molecule has 0 spiro atoms. The molecule has 0 amide bonds. The number of hydrogen-bond donors (Lipinski definition) is 0. The van der Waals surface area contributed by atoms with Crippen molar-refractivity contribution in [1.82, 2.24) is 0 Å². The van der Waals surface area contributed by atoms with E-state index in [1.54, 1.807) is 0 Å². The third kappa shape index (κ3) is 4.35. The Morgan fingerprint density at radius 1 is 0.750 bits per heavy atom. The van der Waals surface area contributed by atoms with Gasteiger partial charge in [-0.3, -0.25) is 0 Å². The van der Waals surface area contributed by atoms with Crippen molar-refractivity contribution in [3.05, 3.63) is 0 Å². The average Bonchev–Trinajstić information content (AvgIpc) is 2.02. The van der Waals surface area contributed by atoms with Gasteiger partial charge >= 0.3 is 0 Å². The molecule has 0 heterocycles. The molecule has 72 valence electrons. The first kappa shape index (κ1) is 10.4. The summed E-state index contributed by atoms with van der Waals surface area (Å²) >= 11 is 6.37. The van der Waals surface area contributed by atoms with E-state index in [1.807, 2.05) is 0 Å². The summed E-state index contributed by atoms with van der Waals surface area (Å²) < 4.78 is 0. The van der Waals surface area contributed by atoms with Gasteiger partial charge in [0.2, 0.25) is 0 Å². The highest BCUT2D eigenvalue weighted by molar-refractivity contribution is 6.23. The molecule has 0 bridgehead atoms. The molecule has 0 atom stereocenters. The first-order valence-electron chi connectivity index (χ1n) is 5.40. The average molecular weight is 189 g/mol. The molecule has 0 unspecified atom stereocenters. The Labute approximate surface area is 81.7 Å². The topological polar surface area (TPSA) is 0 Å². The lowest BCUT2D eigenvalue weighted by atomic mass is 9.93. The van der Waals surface area contributed by atoms with E-state index in [1.165, 1.54) is 57.8 Å². The second-order valence-electron chi connectivity index (χ2n) is 4.39. The Balaban J connectivity index is 2.27.